The highest BCUT2D eigenvalue weighted by Crippen LogP contribution is 2.38. The molecule has 2 rings (SSSR count). The number of hydrogen-bond donors (Lipinski definition) is 1. The van der Waals surface area contributed by atoms with Crippen molar-refractivity contribution in [1.82, 2.24) is 4.90 Å². The summed E-state index contributed by atoms with van der Waals surface area (Å²) in [5.41, 5.74) is 0.449. The molecule has 2 unspecified atom stereocenters. The number of likely N-dealkylation sites (tertiary alicyclic amines) is 1. The molecule has 1 aliphatic heterocycles. The lowest BCUT2D eigenvalue weighted by molar-refractivity contribution is -0.141. The van der Waals surface area contributed by atoms with Gasteiger partial charge in [-0.1, -0.05) is 20.3 Å². The van der Waals surface area contributed by atoms with Crippen molar-refractivity contribution in [2.24, 2.45) is 11.3 Å². The first-order chi connectivity index (χ1) is 7.48. The summed E-state index contributed by atoms with van der Waals surface area (Å²) in [6, 6.07) is 0.632. The Morgan fingerprint density at radius 3 is 2.69 bits per heavy atom. The number of carboxylic acids is 1. The molecule has 2 atom stereocenters. The summed E-state index contributed by atoms with van der Waals surface area (Å²) in [7, 11) is 0. The molecule has 3 heteroatoms. The van der Waals surface area contributed by atoms with Gasteiger partial charge in [0.1, 0.15) is 0 Å². The lowest BCUT2D eigenvalue weighted by Gasteiger charge is -2.39. The molecule has 2 aliphatic rings. The maximum atomic E-state index is 10.9. The zero-order valence-corrected chi connectivity index (χ0v) is 10.4. The SMILES string of the molecule is CC1(C)CCCC(N2CCC(C(=O)O)C2)C1. The summed E-state index contributed by atoms with van der Waals surface area (Å²) in [5.74, 6) is -0.734. The smallest absolute Gasteiger partial charge is 0.307 e. The number of carbonyl (C=O) groups is 1. The first-order valence-corrected chi connectivity index (χ1v) is 6.45. The maximum absolute atomic E-state index is 10.9. The molecule has 1 saturated carbocycles. The van der Waals surface area contributed by atoms with E-state index < -0.39 is 5.97 Å². The average molecular weight is 225 g/mol. The summed E-state index contributed by atoms with van der Waals surface area (Å²) in [4.78, 5) is 13.3. The minimum absolute atomic E-state index is 0.120. The standard InChI is InChI=1S/C13H23NO2/c1-13(2)6-3-4-11(8-13)14-7-5-10(9-14)12(15)16/h10-11H,3-9H2,1-2H3,(H,15,16). The molecule has 0 spiro atoms. The fourth-order valence-corrected chi connectivity index (χ4v) is 3.29. The Morgan fingerprint density at radius 1 is 1.38 bits per heavy atom. The Morgan fingerprint density at radius 2 is 2.12 bits per heavy atom. The highest BCUT2D eigenvalue weighted by molar-refractivity contribution is 5.70. The van der Waals surface area contributed by atoms with Crippen molar-refractivity contribution in [2.75, 3.05) is 13.1 Å². The Bertz CT molecular complexity index is 275. The van der Waals surface area contributed by atoms with E-state index in [0.717, 1.165) is 19.5 Å². The van der Waals surface area contributed by atoms with Gasteiger partial charge in [-0.05, 0) is 37.6 Å². The first-order valence-electron chi connectivity index (χ1n) is 6.45. The second-order valence-corrected chi connectivity index (χ2v) is 6.23. The van der Waals surface area contributed by atoms with E-state index in [2.05, 4.69) is 18.7 Å². The lowest BCUT2D eigenvalue weighted by Crippen LogP contribution is -2.40. The topological polar surface area (TPSA) is 40.5 Å². The summed E-state index contributed by atoms with van der Waals surface area (Å²) in [6.45, 7) is 6.43. The summed E-state index contributed by atoms with van der Waals surface area (Å²) in [5, 5.41) is 9.01. The number of aliphatic carboxylic acids is 1. The van der Waals surface area contributed by atoms with Crippen LogP contribution in [0.2, 0.25) is 0 Å². The van der Waals surface area contributed by atoms with Crippen LogP contribution < -0.4 is 0 Å². The van der Waals surface area contributed by atoms with Crippen LogP contribution in [0.3, 0.4) is 0 Å². The van der Waals surface area contributed by atoms with E-state index in [1.165, 1.54) is 25.7 Å². The summed E-state index contributed by atoms with van der Waals surface area (Å²) < 4.78 is 0. The van der Waals surface area contributed by atoms with Gasteiger partial charge in [0.2, 0.25) is 0 Å². The van der Waals surface area contributed by atoms with E-state index >= 15 is 0 Å². The van der Waals surface area contributed by atoms with Crippen molar-refractivity contribution < 1.29 is 9.90 Å². The van der Waals surface area contributed by atoms with Gasteiger partial charge in [0.15, 0.2) is 0 Å². The van der Waals surface area contributed by atoms with Gasteiger partial charge in [-0.2, -0.15) is 0 Å². The van der Waals surface area contributed by atoms with E-state index in [9.17, 15) is 4.79 Å². The Labute approximate surface area is 97.8 Å². The average Bonchev–Trinajstić information content (AvgIpc) is 2.64. The molecule has 0 aromatic heterocycles. The van der Waals surface area contributed by atoms with Crippen LogP contribution in [-0.2, 0) is 4.79 Å². The molecule has 0 bridgehead atoms. The van der Waals surface area contributed by atoms with E-state index in [1.807, 2.05) is 0 Å². The number of carboxylic acid groups (broad SMARTS) is 1. The molecule has 0 amide bonds. The first kappa shape index (κ1) is 11.9. The highest BCUT2D eigenvalue weighted by Gasteiger charge is 2.36. The summed E-state index contributed by atoms with van der Waals surface area (Å²) in [6.07, 6.45) is 5.95. The van der Waals surface area contributed by atoms with Crippen molar-refractivity contribution in [1.29, 1.82) is 0 Å². The number of hydrogen-bond acceptors (Lipinski definition) is 2. The minimum atomic E-state index is -0.613. The van der Waals surface area contributed by atoms with Gasteiger partial charge in [-0.15, -0.1) is 0 Å². The van der Waals surface area contributed by atoms with Gasteiger partial charge in [0.05, 0.1) is 5.92 Å². The molecule has 1 saturated heterocycles. The fraction of sp³-hybridized carbons (Fsp3) is 0.923. The molecule has 0 aromatic carbocycles. The second-order valence-electron chi connectivity index (χ2n) is 6.23. The molecular weight excluding hydrogens is 202 g/mol. The zero-order valence-electron chi connectivity index (χ0n) is 10.4. The van der Waals surface area contributed by atoms with Crippen LogP contribution in [0.15, 0.2) is 0 Å². The Kier molecular flexibility index (Phi) is 3.24. The van der Waals surface area contributed by atoms with Gasteiger partial charge in [-0.25, -0.2) is 0 Å². The van der Waals surface area contributed by atoms with Crippen LogP contribution >= 0.6 is 0 Å². The predicted octanol–water partition coefficient (Wildman–Crippen LogP) is 2.36. The van der Waals surface area contributed by atoms with Crippen LogP contribution in [0, 0.1) is 11.3 Å². The second kappa shape index (κ2) is 4.36. The van der Waals surface area contributed by atoms with Crippen LogP contribution in [0.25, 0.3) is 0 Å². The molecule has 3 nitrogen and oxygen atoms in total. The molecule has 92 valence electrons. The van der Waals surface area contributed by atoms with Gasteiger partial charge in [0, 0.05) is 12.6 Å². The predicted molar refractivity (Wildman–Crippen MR) is 63.4 cm³/mol. The molecule has 2 fully saturated rings. The van der Waals surface area contributed by atoms with Gasteiger partial charge in [0.25, 0.3) is 0 Å². The number of nitrogens with zero attached hydrogens (tertiary/aromatic N) is 1. The maximum Gasteiger partial charge on any atom is 0.307 e. The van der Waals surface area contributed by atoms with Crippen molar-refractivity contribution in [3.8, 4) is 0 Å². The molecule has 16 heavy (non-hydrogen) atoms. The molecule has 1 N–H and O–H groups in total. The van der Waals surface area contributed by atoms with Crippen LogP contribution in [0.5, 0.6) is 0 Å². The molecule has 0 aromatic rings. The molecule has 1 aliphatic carbocycles. The van der Waals surface area contributed by atoms with Crippen LogP contribution in [0.4, 0.5) is 0 Å². The highest BCUT2D eigenvalue weighted by atomic mass is 16.4. The van der Waals surface area contributed by atoms with Crippen molar-refractivity contribution in [3.63, 3.8) is 0 Å². The number of rotatable bonds is 2. The quantitative estimate of drug-likeness (QED) is 0.784. The fourth-order valence-electron chi connectivity index (χ4n) is 3.29. The Balaban J connectivity index is 1.91. The molecular formula is C13H23NO2. The minimum Gasteiger partial charge on any atom is -0.481 e. The van der Waals surface area contributed by atoms with Crippen molar-refractivity contribution in [3.05, 3.63) is 0 Å². The summed E-state index contributed by atoms with van der Waals surface area (Å²) >= 11 is 0. The van der Waals surface area contributed by atoms with E-state index in [1.54, 1.807) is 0 Å². The van der Waals surface area contributed by atoms with E-state index in [0.29, 0.717) is 11.5 Å². The Hall–Kier alpha value is -0.570. The van der Waals surface area contributed by atoms with E-state index in [4.69, 9.17) is 5.11 Å². The largest absolute Gasteiger partial charge is 0.481 e. The normalized spacial score (nSPS) is 35.1. The van der Waals surface area contributed by atoms with Crippen molar-refractivity contribution in [2.45, 2.75) is 52.0 Å². The molecule has 0 radical (unpaired) electrons. The van der Waals surface area contributed by atoms with Crippen LogP contribution in [-0.4, -0.2) is 35.1 Å². The van der Waals surface area contributed by atoms with Gasteiger partial charge < -0.3 is 5.11 Å². The third-order valence-corrected chi connectivity index (χ3v) is 4.26. The van der Waals surface area contributed by atoms with Crippen LogP contribution in [0.1, 0.15) is 46.0 Å². The monoisotopic (exact) mass is 225 g/mol. The lowest BCUT2D eigenvalue weighted by atomic mass is 9.75. The third-order valence-electron chi connectivity index (χ3n) is 4.26. The third kappa shape index (κ3) is 2.57. The van der Waals surface area contributed by atoms with Crippen molar-refractivity contribution >= 4 is 5.97 Å². The van der Waals surface area contributed by atoms with Gasteiger partial charge >= 0.3 is 5.97 Å². The molecule has 1 heterocycles. The van der Waals surface area contributed by atoms with Gasteiger partial charge in [-0.3, -0.25) is 9.69 Å². The van der Waals surface area contributed by atoms with E-state index in [-0.39, 0.29) is 5.92 Å². The zero-order chi connectivity index (χ0) is 11.8.